The topological polar surface area (TPSA) is 55.5 Å². The standard InChI is InChI=1S/C13H16FNO.C8H11N/c1-10(9-16)6-7-13(15-2)11-4-3-5-12(14)8-11;1-2-7-3-5-8(9)6-4-7/h3-4,6,8-9,12-13H,2,5,7H2,1H3;3-6H,2,9H2,1H3/b10-6+;. The van der Waals surface area contributed by atoms with Crippen LogP contribution in [0.5, 0.6) is 0 Å². The number of halogens is 1. The molecule has 0 heterocycles. The van der Waals surface area contributed by atoms with Gasteiger partial charge in [0.05, 0.1) is 6.04 Å². The van der Waals surface area contributed by atoms with Crippen LogP contribution in [0.1, 0.15) is 32.3 Å². The Morgan fingerprint density at radius 1 is 1.44 bits per heavy atom. The molecule has 0 spiro atoms. The van der Waals surface area contributed by atoms with Crippen LogP contribution in [0.4, 0.5) is 10.1 Å². The van der Waals surface area contributed by atoms with E-state index in [-0.39, 0.29) is 6.04 Å². The predicted molar refractivity (Wildman–Crippen MR) is 105 cm³/mol. The van der Waals surface area contributed by atoms with Gasteiger partial charge in [-0.25, -0.2) is 4.39 Å². The Morgan fingerprint density at radius 2 is 2.12 bits per heavy atom. The molecule has 0 saturated carbocycles. The van der Waals surface area contributed by atoms with Gasteiger partial charge in [0, 0.05) is 12.1 Å². The van der Waals surface area contributed by atoms with E-state index in [0.717, 1.165) is 24.0 Å². The first-order valence-corrected chi connectivity index (χ1v) is 8.44. The minimum absolute atomic E-state index is 0.162. The number of aliphatic imine (C=N–C) groups is 1. The number of aldehydes is 1. The lowest BCUT2D eigenvalue weighted by atomic mass is 9.97. The molecule has 1 aliphatic rings. The van der Waals surface area contributed by atoms with Crippen molar-refractivity contribution in [2.24, 2.45) is 4.99 Å². The van der Waals surface area contributed by atoms with E-state index < -0.39 is 6.17 Å². The lowest BCUT2D eigenvalue weighted by molar-refractivity contribution is -0.104. The number of aryl methyl sites for hydroxylation is 1. The molecule has 134 valence electrons. The SMILES string of the molecule is C=NC(C/C=C(\C)C=O)C1=CC(F)CC=C1.CCc1ccc(N)cc1. The molecular formula is C21H27FN2O. The first-order valence-electron chi connectivity index (χ1n) is 8.44. The minimum Gasteiger partial charge on any atom is -0.399 e. The van der Waals surface area contributed by atoms with E-state index in [0.29, 0.717) is 18.4 Å². The maximum absolute atomic E-state index is 13.1. The summed E-state index contributed by atoms with van der Waals surface area (Å²) in [5.74, 6) is 0. The van der Waals surface area contributed by atoms with E-state index in [1.807, 2.05) is 18.2 Å². The zero-order chi connectivity index (χ0) is 18.7. The average Bonchev–Trinajstić information content (AvgIpc) is 2.63. The van der Waals surface area contributed by atoms with Crippen molar-refractivity contribution in [1.82, 2.24) is 0 Å². The summed E-state index contributed by atoms with van der Waals surface area (Å²) in [4.78, 5) is 14.4. The number of allylic oxidation sites excluding steroid dienone is 3. The van der Waals surface area contributed by atoms with Crippen molar-refractivity contribution in [3.8, 4) is 0 Å². The number of carbonyl (C=O) groups excluding carboxylic acids is 1. The molecule has 1 aromatic rings. The van der Waals surface area contributed by atoms with Crippen LogP contribution in [0.3, 0.4) is 0 Å². The third kappa shape index (κ3) is 7.75. The third-order valence-electron chi connectivity index (χ3n) is 3.89. The van der Waals surface area contributed by atoms with Crippen molar-refractivity contribution in [2.75, 3.05) is 5.73 Å². The molecule has 2 N–H and O–H groups in total. The molecule has 2 unspecified atom stereocenters. The number of nitrogens with two attached hydrogens (primary N) is 1. The molecule has 0 bridgehead atoms. The Kier molecular flexibility index (Phi) is 9.15. The molecule has 0 fully saturated rings. The van der Waals surface area contributed by atoms with Crippen molar-refractivity contribution in [1.29, 1.82) is 0 Å². The maximum Gasteiger partial charge on any atom is 0.145 e. The van der Waals surface area contributed by atoms with Crippen LogP contribution in [0, 0.1) is 0 Å². The van der Waals surface area contributed by atoms with Crippen molar-refractivity contribution in [2.45, 2.75) is 45.3 Å². The highest BCUT2D eigenvalue weighted by atomic mass is 19.1. The number of carbonyl (C=O) groups is 1. The number of hydrogen-bond donors (Lipinski definition) is 1. The van der Waals surface area contributed by atoms with Crippen LogP contribution in [-0.2, 0) is 11.2 Å². The van der Waals surface area contributed by atoms with E-state index >= 15 is 0 Å². The van der Waals surface area contributed by atoms with Crippen LogP contribution < -0.4 is 5.73 Å². The smallest absolute Gasteiger partial charge is 0.145 e. The van der Waals surface area contributed by atoms with Crippen molar-refractivity contribution in [3.05, 3.63) is 65.3 Å². The first-order chi connectivity index (χ1) is 12.0. The van der Waals surface area contributed by atoms with Gasteiger partial charge in [0.25, 0.3) is 0 Å². The zero-order valence-corrected chi connectivity index (χ0v) is 15.0. The molecule has 0 saturated heterocycles. The summed E-state index contributed by atoms with van der Waals surface area (Å²) in [5.41, 5.74) is 9.15. The van der Waals surface area contributed by atoms with E-state index in [4.69, 9.17) is 5.73 Å². The monoisotopic (exact) mass is 342 g/mol. The van der Waals surface area contributed by atoms with Gasteiger partial charge in [-0.05, 0) is 61.4 Å². The van der Waals surface area contributed by atoms with Crippen molar-refractivity contribution >= 4 is 18.7 Å². The number of nitrogens with zero attached hydrogens (tertiary/aromatic N) is 1. The Hall–Kier alpha value is -2.49. The molecule has 4 heteroatoms. The van der Waals surface area contributed by atoms with Crippen LogP contribution in [-0.4, -0.2) is 25.2 Å². The number of hydrogen-bond acceptors (Lipinski definition) is 3. The number of rotatable bonds is 6. The summed E-state index contributed by atoms with van der Waals surface area (Å²) in [7, 11) is 0. The summed E-state index contributed by atoms with van der Waals surface area (Å²) < 4.78 is 13.1. The number of alkyl halides is 1. The van der Waals surface area contributed by atoms with Gasteiger partial charge in [0.2, 0.25) is 0 Å². The molecule has 2 rings (SSSR count). The van der Waals surface area contributed by atoms with Crippen LogP contribution in [0.15, 0.2) is 64.7 Å². The lowest BCUT2D eigenvalue weighted by Gasteiger charge is -2.15. The molecule has 0 radical (unpaired) electrons. The van der Waals surface area contributed by atoms with E-state index in [1.54, 1.807) is 25.2 Å². The van der Waals surface area contributed by atoms with Crippen molar-refractivity contribution in [3.63, 3.8) is 0 Å². The van der Waals surface area contributed by atoms with Gasteiger partial charge < -0.3 is 5.73 Å². The van der Waals surface area contributed by atoms with Gasteiger partial charge in [0.1, 0.15) is 12.5 Å². The largest absolute Gasteiger partial charge is 0.399 e. The highest BCUT2D eigenvalue weighted by molar-refractivity contribution is 5.72. The molecule has 3 nitrogen and oxygen atoms in total. The Balaban J connectivity index is 0.000000293. The fourth-order valence-electron chi connectivity index (χ4n) is 2.30. The molecule has 0 aliphatic heterocycles. The van der Waals surface area contributed by atoms with Gasteiger partial charge in [-0.1, -0.05) is 37.3 Å². The highest BCUT2D eigenvalue weighted by Crippen LogP contribution is 2.20. The Morgan fingerprint density at radius 3 is 2.64 bits per heavy atom. The average molecular weight is 342 g/mol. The Bertz CT molecular complexity index is 644. The van der Waals surface area contributed by atoms with Gasteiger partial charge in [-0.2, -0.15) is 0 Å². The van der Waals surface area contributed by atoms with Gasteiger partial charge in [-0.15, -0.1) is 0 Å². The van der Waals surface area contributed by atoms with E-state index in [1.165, 1.54) is 5.56 Å². The predicted octanol–water partition coefficient (Wildman–Crippen LogP) is 4.65. The lowest BCUT2D eigenvalue weighted by Crippen LogP contribution is -2.11. The zero-order valence-electron chi connectivity index (χ0n) is 15.0. The quantitative estimate of drug-likeness (QED) is 0.354. The summed E-state index contributed by atoms with van der Waals surface area (Å²) in [6.45, 7) is 7.36. The summed E-state index contributed by atoms with van der Waals surface area (Å²) in [6, 6.07) is 7.80. The molecular weight excluding hydrogens is 315 g/mol. The highest BCUT2D eigenvalue weighted by Gasteiger charge is 2.14. The van der Waals surface area contributed by atoms with Gasteiger partial charge in [0.15, 0.2) is 0 Å². The van der Waals surface area contributed by atoms with E-state index in [2.05, 4.69) is 30.8 Å². The summed E-state index contributed by atoms with van der Waals surface area (Å²) >= 11 is 0. The van der Waals surface area contributed by atoms with Crippen LogP contribution >= 0.6 is 0 Å². The summed E-state index contributed by atoms with van der Waals surface area (Å²) in [5, 5.41) is 0. The number of benzene rings is 1. The van der Waals surface area contributed by atoms with Crippen LogP contribution in [0.25, 0.3) is 0 Å². The molecule has 0 aromatic heterocycles. The van der Waals surface area contributed by atoms with Gasteiger partial charge >= 0.3 is 0 Å². The molecule has 0 amide bonds. The second-order valence-electron chi connectivity index (χ2n) is 5.92. The molecule has 1 aliphatic carbocycles. The molecule has 2 atom stereocenters. The first kappa shape index (κ1) is 20.6. The Labute approximate surface area is 149 Å². The van der Waals surface area contributed by atoms with E-state index in [9.17, 15) is 9.18 Å². The van der Waals surface area contributed by atoms with Crippen LogP contribution in [0.2, 0.25) is 0 Å². The molecule has 25 heavy (non-hydrogen) atoms. The molecule has 1 aromatic carbocycles. The second kappa shape index (κ2) is 11.1. The maximum atomic E-state index is 13.1. The normalized spacial score (nSPS) is 17.8. The summed E-state index contributed by atoms with van der Waals surface area (Å²) in [6.07, 6.45) is 9.00. The fourth-order valence-corrected chi connectivity index (χ4v) is 2.30. The number of nitrogen functional groups attached to an aromatic ring is 1. The fraction of sp³-hybridized carbons (Fsp3) is 0.333. The third-order valence-corrected chi connectivity index (χ3v) is 3.89. The second-order valence-corrected chi connectivity index (χ2v) is 5.92. The van der Waals surface area contributed by atoms with Crippen molar-refractivity contribution < 1.29 is 9.18 Å². The number of anilines is 1. The van der Waals surface area contributed by atoms with Gasteiger partial charge in [-0.3, -0.25) is 9.79 Å². The minimum atomic E-state index is -0.930.